The van der Waals surface area contributed by atoms with Gasteiger partial charge in [-0.15, -0.1) is 0 Å². The van der Waals surface area contributed by atoms with Crippen LogP contribution < -0.4 is 0 Å². The van der Waals surface area contributed by atoms with E-state index in [-0.39, 0.29) is 12.9 Å². The van der Waals surface area contributed by atoms with Crippen LogP contribution in [0.5, 0.6) is 0 Å². The van der Waals surface area contributed by atoms with Crippen molar-refractivity contribution in [3.05, 3.63) is 0 Å². The lowest BCUT2D eigenvalue weighted by Crippen LogP contribution is -2.21. The summed E-state index contributed by atoms with van der Waals surface area (Å²) in [5.41, 5.74) is 0. The van der Waals surface area contributed by atoms with Crippen LogP contribution >= 0.6 is 0 Å². The van der Waals surface area contributed by atoms with E-state index in [2.05, 4.69) is 6.92 Å². The zero-order chi connectivity index (χ0) is 8.81. The highest BCUT2D eigenvalue weighted by Crippen LogP contribution is 2.22. The average molecular weight is 174 g/mol. The Hall–Kier alpha value is -0.120. The summed E-state index contributed by atoms with van der Waals surface area (Å²) in [7, 11) is 0. The molecule has 1 rings (SSSR count). The molecule has 1 fully saturated rings. The molecule has 0 aromatic heterocycles. The van der Waals surface area contributed by atoms with E-state index in [0.717, 1.165) is 32.5 Å². The van der Waals surface area contributed by atoms with Crippen LogP contribution in [-0.4, -0.2) is 31.2 Å². The molecule has 0 unspecified atom stereocenters. The molecule has 1 N–H and O–H groups in total. The SMILES string of the molecule is CC[C@@H](CCCO)C1OCCO1. The minimum Gasteiger partial charge on any atom is -0.396 e. The number of aliphatic hydroxyl groups excluding tert-OH is 1. The smallest absolute Gasteiger partial charge is 0.160 e. The van der Waals surface area contributed by atoms with Crippen molar-refractivity contribution in [1.82, 2.24) is 0 Å². The van der Waals surface area contributed by atoms with Crippen molar-refractivity contribution in [1.29, 1.82) is 0 Å². The van der Waals surface area contributed by atoms with E-state index in [4.69, 9.17) is 14.6 Å². The molecule has 3 heteroatoms. The maximum absolute atomic E-state index is 8.67. The molecule has 72 valence electrons. The van der Waals surface area contributed by atoms with Crippen molar-refractivity contribution in [3.8, 4) is 0 Å². The molecule has 1 heterocycles. The number of ether oxygens (including phenoxy) is 2. The standard InChI is InChI=1S/C9H18O3/c1-2-8(4-3-5-10)9-11-6-7-12-9/h8-10H,2-7H2,1H3/t8-/m0/s1. The predicted octanol–water partition coefficient (Wildman–Crippen LogP) is 1.16. The Morgan fingerprint density at radius 3 is 2.58 bits per heavy atom. The molecule has 1 atom stereocenters. The molecule has 12 heavy (non-hydrogen) atoms. The van der Waals surface area contributed by atoms with Gasteiger partial charge in [0.05, 0.1) is 13.2 Å². The molecular formula is C9H18O3. The number of hydrogen-bond donors (Lipinski definition) is 1. The molecule has 0 spiro atoms. The van der Waals surface area contributed by atoms with Crippen LogP contribution in [0.4, 0.5) is 0 Å². The van der Waals surface area contributed by atoms with Crippen LogP contribution in [0.2, 0.25) is 0 Å². The van der Waals surface area contributed by atoms with Gasteiger partial charge >= 0.3 is 0 Å². The van der Waals surface area contributed by atoms with Gasteiger partial charge in [-0.1, -0.05) is 6.92 Å². The lowest BCUT2D eigenvalue weighted by atomic mass is 10.00. The molecule has 0 saturated carbocycles. The second-order valence-corrected chi connectivity index (χ2v) is 3.14. The van der Waals surface area contributed by atoms with Crippen molar-refractivity contribution in [2.75, 3.05) is 19.8 Å². The van der Waals surface area contributed by atoms with Gasteiger partial charge < -0.3 is 14.6 Å². The van der Waals surface area contributed by atoms with Crippen LogP contribution in [0, 0.1) is 5.92 Å². The van der Waals surface area contributed by atoms with Crippen LogP contribution in [0.25, 0.3) is 0 Å². The summed E-state index contributed by atoms with van der Waals surface area (Å²) >= 11 is 0. The molecule has 1 saturated heterocycles. The van der Waals surface area contributed by atoms with Crippen molar-refractivity contribution in [2.45, 2.75) is 32.5 Å². The van der Waals surface area contributed by atoms with E-state index in [1.807, 2.05) is 0 Å². The van der Waals surface area contributed by atoms with Gasteiger partial charge in [0.25, 0.3) is 0 Å². The van der Waals surface area contributed by atoms with E-state index in [9.17, 15) is 0 Å². The highest BCUT2D eigenvalue weighted by atomic mass is 16.7. The fourth-order valence-electron chi connectivity index (χ4n) is 1.53. The number of aliphatic hydroxyl groups is 1. The lowest BCUT2D eigenvalue weighted by Gasteiger charge is -2.19. The van der Waals surface area contributed by atoms with Gasteiger partial charge in [0.1, 0.15) is 0 Å². The Morgan fingerprint density at radius 1 is 1.42 bits per heavy atom. The fraction of sp³-hybridized carbons (Fsp3) is 1.00. The first kappa shape index (κ1) is 9.96. The zero-order valence-corrected chi connectivity index (χ0v) is 7.66. The number of rotatable bonds is 5. The van der Waals surface area contributed by atoms with E-state index in [0.29, 0.717) is 5.92 Å². The first-order valence-electron chi connectivity index (χ1n) is 4.72. The quantitative estimate of drug-likeness (QED) is 0.679. The largest absolute Gasteiger partial charge is 0.396 e. The van der Waals surface area contributed by atoms with Crippen LogP contribution in [-0.2, 0) is 9.47 Å². The highest BCUT2D eigenvalue weighted by molar-refractivity contribution is 4.64. The molecule has 0 aliphatic carbocycles. The monoisotopic (exact) mass is 174 g/mol. The molecule has 1 aliphatic rings. The van der Waals surface area contributed by atoms with Crippen molar-refractivity contribution in [3.63, 3.8) is 0 Å². The van der Waals surface area contributed by atoms with Crippen LogP contribution in [0.1, 0.15) is 26.2 Å². The maximum Gasteiger partial charge on any atom is 0.160 e. The summed E-state index contributed by atoms with van der Waals surface area (Å²) < 4.78 is 10.8. The lowest BCUT2D eigenvalue weighted by molar-refractivity contribution is -0.0873. The second-order valence-electron chi connectivity index (χ2n) is 3.14. The molecule has 3 nitrogen and oxygen atoms in total. The zero-order valence-electron chi connectivity index (χ0n) is 7.66. The molecular weight excluding hydrogens is 156 g/mol. The van der Waals surface area contributed by atoms with Gasteiger partial charge in [0.2, 0.25) is 0 Å². The summed E-state index contributed by atoms with van der Waals surface area (Å²) in [4.78, 5) is 0. The Balaban J connectivity index is 2.22. The van der Waals surface area contributed by atoms with Crippen molar-refractivity contribution >= 4 is 0 Å². The molecule has 0 aromatic carbocycles. The van der Waals surface area contributed by atoms with Crippen molar-refractivity contribution < 1.29 is 14.6 Å². The minimum absolute atomic E-state index is 0.0125. The van der Waals surface area contributed by atoms with Gasteiger partial charge in [0.15, 0.2) is 6.29 Å². The third-order valence-electron chi connectivity index (χ3n) is 2.29. The minimum atomic E-state index is -0.0125. The van der Waals surface area contributed by atoms with Gasteiger partial charge in [-0.05, 0) is 19.3 Å². The van der Waals surface area contributed by atoms with E-state index in [1.54, 1.807) is 0 Å². The fourth-order valence-corrected chi connectivity index (χ4v) is 1.53. The normalized spacial score (nSPS) is 21.5. The van der Waals surface area contributed by atoms with Gasteiger partial charge in [-0.2, -0.15) is 0 Å². The van der Waals surface area contributed by atoms with Gasteiger partial charge in [-0.25, -0.2) is 0 Å². The van der Waals surface area contributed by atoms with Crippen molar-refractivity contribution in [2.24, 2.45) is 5.92 Å². The molecule has 0 radical (unpaired) electrons. The van der Waals surface area contributed by atoms with Gasteiger partial charge in [-0.3, -0.25) is 0 Å². The third kappa shape index (κ3) is 2.73. The Morgan fingerprint density at radius 2 is 2.08 bits per heavy atom. The molecule has 0 aromatic rings. The summed E-state index contributed by atoms with van der Waals surface area (Å²) in [5, 5.41) is 8.67. The Bertz CT molecular complexity index is 110. The number of hydrogen-bond acceptors (Lipinski definition) is 3. The molecule has 1 aliphatic heterocycles. The Kier molecular flexibility index (Phi) is 4.58. The van der Waals surface area contributed by atoms with E-state index < -0.39 is 0 Å². The van der Waals surface area contributed by atoms with E-state index >= 15 is 0 Å². The average Bonchev–Trinajstić information content (AvgIpc) is 2.59. The third-order valence-corrected chi connectivity index (χ3v) is 2.29. The highest BCUT2D eigenvalue weighted by Gasteiger charge is 2.24. The first-order chi connectivity index (χ1) is 5.88. The maximum atomic E-state index is 8.67. The summed E-state index contributed by atoms with van der Waals surface area (Å²) in [6, 6.07) is 0. The molecule has 0 amide bonds. The first-order valence-corrected chi connectivity index (χ1v) is 4.72. The summed E-state index contributed by atoms with van der Waals surface area (Å²) in [6.07, 6.45) is 2.89. The second kappa shape index (κ2) is 5.51. The van der Waals surface area contributed by atoms with Crippen LogP contribution in [0.3, 0.4) is 0 Å². The summed E-state index contributed by atoms with van der Waals surface area (Å²) in [6.45, 7) is 3.84. The van der Waals surface area contributed by atoms with Crippen LogP contribution in [0.15, 0.2) is 0 Å². The topological polar surface area (TPSA) is 38.7 Å². The van der Waals surface area contributed by atoms with Gasteiger partial charge in [0, 0.05) is 12.5 Å². The molecule has 0 bridgehead atoms. The van der Waals surface area contributed by atoms with E-state index in [1.165, 1.54) is 0 Å². The summed E-state index contributed by atoms with van der Waals surface area (Å²) in [5.74, 6) is 0.458. The Labute approximate surface area is 73.7 Å². The predicted molar refractivity (Wildman–Crippen MR) is 45.8 cm³/mol.